The Balaban J connectivity index is 1.56. The van der Waals surface area contributed by atoms with Crippen LogP contribution in [0.15, 0.2) is 54.6 Å². The first kappa shape index (κ1) is 18.6. The smallest absolute Gasteiger partial charge is 0.248 e. The average Bonchev–Trinajstić information content (AvgIpc) is 3.17. The Morgan fingerprint density at radius 3 is 2.37 bits per heavy atom. The quantitative estimate of drug-likeness (QED) is 0.815. The van der Waals surface area contributed by atoms with Crippen molar-refractivity contribution >= 4 is 17.7 Å². The molecule has 140 valence electrons. The van der Waals surface area contributed by atoms with Crippen LogP contribution in [0, 0.1) is 0 Å². The van der Waals surface area contributed by atoms with Gasteiger partial charge in [0.2, 0.25) is 17.7 Å². The van der Waals surface area contributed by atoms with Gasteiger partial charge in [-0.25, -0.2) is 0 Å². The molecule has 1 unspecified atom stereocenters. The molecule has 0 spiro atoms. The van der Waals surface area contributed by atoms with Crippen molar-refractivity contribution in [2.75, 3.05) is 6.54 Å². The Morgan fingerprint density at radius 1 is 1.00 bits per heavy atom. The van der Waals surface area contributed by atoms with Gasteiger partial charge < -0.3 is 16.0 Å². The SMILES string of the molecule is NC(=O)c1ccc(CNC(=O)C2CCCN2C(=O)Cc2ccccc2)cc1. The van der Waals surface area contributed by atoms with Gasteiger partial charge in [0.1, 0.15) is 6.04 Å². The molecular formula is C21H23N3O3. The van der Waals surface area contributed by atoms with Crippen molar-refractivity contribution in [3.63, 3.8) is 0 Å². The second kappa shape index (κ2) is 8.49. The first-order valence-corrected chi connectivity index (χ1v) is 9.04. The molecule has 1 atom stereocenters. The van der Waals surface area contributed by atoms with E-state index in [9.17, 15) is 14.4 Å². The maximum atomic E-state index is 12.6. The van der Waals surface area contributed by atoms with Crippen LogP contribution in [-0.2, 0) is 22.6 Å². The van der Waals surface area contributed by atoms with E-state index in [0.717, 1.165) is 17.5 Å². The van der Waals surface area contributed by atoms with Gasteiger partial charge in [0.15, 0.2) is 0 Å². The predicted molar refractivity (Wildman–Crippen MR) is 102 cm³/mol. The van der Waals surface area contributed by atoms with Crippen LogP contribution in [0.3, 0.4) is 0 Å². The fourth-order valence-electron chi connectivity index (χ4n) is 3.30. The van der Waals surface area contributed by atoms with E-state index in [1.54, 1.807) is 29.2 Å². The number of nitrogens with one attached hydrogen (secondary N) is 1. The maximum Gasteiger partial charge on any atom is 0.248 e. The molecule has 3 rings (SSSR count). The summed E-state index contributed by atoms with van der Waals surface area (Å²) in [6.45, 7) is 0.951. The number of amides is 3. The number of primary amides is 1. The first-order valence-electron chi connectivity index (χ1n) is 9.04. The summed E-state index contributed by atoms with van der Waals surface area (Å²) >= 11 is 0. The summed E-state index contributed by atoms with van der Waals surface area (Å²) in [5.74, 6) is -0.651. The molecule has 1 aliphatic rings. The Labute approximate surface area is 158 Å². The van der Waals surface area contributed by atoms with Crippen LogP contribution in [0.1, 0.15) is 34.3 Å². The highest BCUT2D eigenvalue weighted by Crippen LogP contribution is 2.19. The summed E-state index contributed by atoms with van der Waals surface area (Å²) in [5.41, 5.74) is 7.47. The Kier molecular flexibility index (Phi) is 5.86. The third-order valence-electron chi connectivity index (χ3n) is 4.78. The van der Waals surface area contributed by atoms with Gasteiger partial charge in [0.25, 0.3) is 0 Å². The number of benzene rings is 2. The number of hydrogen-bond acceptors (Lipinski definition) is 3. The summed E-state index contributed by atoms with van der Waals surface area (Å²) < 4.78 is 0. The highest BCUT2D eigenvalue weighted by atomic mass is 16.2. The summed E-state index contributed by atoms with van der Waals surface area (Å²) in [5, 5.41) is 2.89. The van der Waals surface area contributed by atoms with Crippen molar-refractivity contribution < 1.29 is 14.4 Å². The zero-order valence-corrected chi connectivity index (χ0v) is 15.1. The standard InChI is InChI=1S/C21H23N3O3/c22-20(26)17-10-8-16(9-11-17)14-23-21(27)18-7-4-12-24(18)19(25)13-15-5-2-1-3-6-15/h1-3,5-6,8-11,18H,4,7,12-14H2,(H2,22,26)(H,23,27). The van der Waals surface area contributed by atoms with Gasteiger partial charge in [0, 0.05) is 18.7 Å². The van der Waals surface area contributed by atoms with Gasteiger partial charge in [0.05, 0.1) is 6.42 Å². The van der Waals surface area contributed by atoms with E-state index in [2.05, 4.69) is 5.32 Å². The van der Waals surface area contributed by atoms with Crippen molar-refractivity contribution in [3.05, 3.63) is 71.3 Å². The Bertz CT molecular complexity index is 818. The molecule has 0 bridgehead atoms. The molecule has 0 saturated carbocycles. The Morgan fingerprint density at radius 2 is 1.70 bits per heavy atom. The van der Waals surface area contributed by atoms with E-state index in [-0.39, 0.29) is 11.8 Å². The van der Waals surface area contributed by atoms with Crippen molar-refractivity contribution in [2.45, 2.75) is 31.8 Å². The normalized spacial score (nSPS) is 16.1. The molecule has 3 amide bonds. The zero-order valence-electron chi connectivity index (χ0n) is 15.1. The van der Waals surface area contributed by atoms with Crippen LogP contribution < -0.4 is 11.1 Å². The summed E-state index contributed by atoms with van der Waals surface area (Å²) in [7, 11) is 0. The second-order valence-corrected chi connectivity index (χ2v) is 6.69. The molecule has 0 radical (unpaired) electrons. The number of carbonyl (C=O) groups excluding carboxylic acids is 3. The molecular weight excluding hydrogens is 342 g/mol. The van der Waals surface area contributed by atoms with E-state index in [1.807, 2.05) is 30.3 Å². The van der Waals surface area contributed by atoms with Crippen molar-refractivity contribution in [1.29, 1.82) is 0 Å². The minimum absolute atomic E-state index is 0.0235. The molecule has 1 aliphatic heterocycles. The minimum atomic E-state index is -0.482. The molecule has 6 nitrogen and oxygen atoms in total. The van der Waals surface area contributed by atoms with Crippen LogP contribution in [-0.4, -0.2) is 35.2 Å². The fourth-order valence-corrected chi connectivity index (χ4v) is 3.30. The van der Waals surface area contributed by atoms with Gasteiger partial charge in [-0.15, -0.1) is 0 Å². The highest BCUT2D eigenvalue weighted by Gasteiger charge is 2.33. The van der Waals surface area contributed by atoms with E-state index < -0.39 is 11.9 Å². The summed E-state index contributed by atoms with van der Waals surface area (Å²) in [6.07, 6.45) is 1.80. The second-order valence-electron chi connectivity index (χ2n) is 6.69. The van der Waals surface area contributed by atoms with Crippen LogP contribution in [0.2, 0.25) is 0 Å². The molecule has 1 heterocycles. The predicted octanol–water partition coefficient (Wildman–Crippen LogP) is 1.64. The lowest BCUT2D eigenvalue weighted by Crippen LogP contribution is -2.46. The van der Waals surface area contributed by atoms with Crippen LogP contribution in [0.4, 0.5) is 0 Å². The lowest BCUT2D eigenvalue weighted by molar-refractivity contribution is -0.138. The third-order valence-corrected chi connectivity index (χ3v) is 4.78. The zero-order chi connectivity index (χ0) is 19.2. The molecule has 0 aromatic heterocycles. The van der Waals surface area contributed by atoms with E-state index in [1.165, 1.54) is 0 Å². The average molecular weight is 365 g/mol. The molecule has 6 heteroatoms. The van der Waals surface area contributed by atoms with Crippen molar-refractivity contribution in [2.24, 2.45) is 5.73 Å². The summed E-state index contributed by atoms with van der Waals surface area (Å²) in [4.78, 5) is 38.0. The molecule has 1 saturated heterocycles. The molecule has 27 heavy (non-hydrogen) atoms. The largest absolute Gasteiger partial charge is 0.366 e. The monoisotopic (exact) mass is 365 g/mol. The number of rotatable bonds is 6. The van der Waals surface area contributed by atoms with Crippen molar-refractivity contribution in [1.82, 2.24) is 10.2 Å². The molecule has 2 aromatic carbocycles. The number of hydrogen-bond donors (Lipinski definition) is 2. The number of carbonyl (C=O) groups is 3. The highest BCUT2D eigenvalue weighted by molar-refractivity contribution is 5.92. The lowest BCUT2D eigenvalue weighted by atomic mass is 10.1. The lowest BCUT2D eigenvalue weighted by Gasteiger charge is -2.24. The third kappa shape index (κ3) is 4.73. The maximum absolute atomic E-state index is 12.6. The van der Waals surface area contributed by atoms with Crippen LogP contribution >= 0.6 is 0 Å². The van der Waals surface area contributed by atoms with Crippen molar-refractivity contribution in [3.8, 4) is 0 Å². The molecule has 2 aromatic rings. The topological polar surface area (TPSA) is 92.5 Å². The minimum Gasteiger partial charge on any atom is -0.366 e. The molecule has 1 fully saturated rings. The summed E-state index contributed by atoms with van der Waals surface area (Å²) in [6, 6.07) is 15.9. The van der Waals surface area contributed by atoms with Gasteiger partial charge in [-0.1, -0.05) is 42.5 Å². The number of nitrogens with two attached hydrogens (primary N) is 1. The van der Waals surface area contributed by atoms with E-state index in [4.69, 9.17) is 5.73 Å². The Hall–Kier alpha value is -3.15. The van der Waals surface area contributed by atoms with Gasteiger partial charge >= 0.3 is 0 Å². The fraction of sp³-hybridized carbons (Fsp3) is 0.286. The number of likely N-dealkylation sites (tertiary alicyclic amines) is 1. The van der Waals surface area contributed by atoms with Gasteiger partial charge in [-0.2, -0.15) is 0 Å². The van der Waals surface area contributed by atoms with E-state index in [0.29, 0.717) is 31.5 Å². The van der Waals surface area contributed by atoms with Gasteiger partial charge in [-0.05, 0) is 36.1 Å². The molecule has 3 N–H and O–H groups in total. The van der Waals surface area contributed by atoms with E-state index >= 15 is 0 Å². The molecule has 0 aliphatic carbocycles. The number of nitrogens with zero attached hydrogens (tertiary/aromatic N) is 1. The van der Waals surface area contributed by atoms with Crippen LogP contribution in [0.25, 0.3) is 0 Å². The first-order chi connectivity index (χ1) is 13.0. The van der Waals surface area contributed by atoms with Gasteiger partial charge in [-0.3, -0.25) is 14.4 Å². The van der Waals surface area contributed by atoms with Crippen LogP contribution in [0.5, 0.6) is 0 Å².